The van der Waals surface area contributed by atoms with Crippen molar-refractivity contribution >= 4 is 50.9 Å². The third kappa shape index (κ3) is 4.56. The van der Waals surface area contributed by atoms with Gasteiger partial charge < -0.3 is 5.32 Å². The molecule has 0 bridgehead atoms. The largest absolute Gasteiger partial charge is 0.332 e. The Morgan fingerprint density at radius 2 is 1.97 bits per heavy atom. The minimum atomic E-state index is -0.531. The van der Waals surface area contributed by atoms with Crippen LogP contribution in [0.5, 0.6) is 0 Å². The molecule has 0 saturated heterocycles. The Morgan fingerprint density at radius 1 is 1.18 bits per heavy atom. The first-order valence-corrected chi connectivity index (χ1v) is 11.2. The number of fused-ring (bicyclic) bond motifs is 1. The van der Waals surface area contributed by atoms with E-state index in [1.807, 2.05) is 32.0 Å². The molecular weight excluding hydrogens is 462 g/mol. The van der Waals surface area contributed by atoms with Crippen molar-refractivity contribution in [3.63, 3.8) is 0 Å². The van der Waals surface area contributed by atoms with Crippen LogP contribution >= 0.6 is 23.6 Å². The van der Waals surface area contributed by atoms with Gasteiger partial charge in [0.15, 0.2) is 10.9 Å². The third-order valence-corrected chi connectivity index (χ3v) is 6.14. The van der Waals surface area contributed by atoms with E-state index in [-0.39, 0.29) is 16.4 Å². The van der Waals surface area contributed by atoms with Crippen LogP contribution in [0.1, 0.15) is 34.2 Å². The van der Waals surface area contributed by atoms with E-state index in [2.05, 4.69) is 25.9 Å². The predicted molar refractivity (Wildman–Crippen MR) is 130 cm³/mol. The topological polar surface area (TPSA) is 127 Å². The summed E-state index contributed by atoms with van der Waals surface area (Å²) in [6.07, 6.45) is 0.741. The maximum absolute atomic E-state index is 12.5. The average molecular weight is 482 g/mol. The Morgan fingerprint density at radius 3 is 2.67 bits per heavy atom. The number of nitrogens with zero attached hydrogens (tertiary/aromatic N) is 5. The van der Waals surface area contributed by atoms with Crippen LogP contribution in [0, 0.1) is 24.0 Å². The Labute approximate surface area is 197 Å². The summed E-state index contributed by atoms with van der Waals surface area (Å²) in [5.74, 6) is 0.277. The standard InChI is InChI=1S/C21H19N7O3S2/c1-4-17-24-25-21-27(17)26-19(33-21)14-7-8-15(12(3)9-14)22-20(32)23-18(29)13-6-5-11(2)16(10-13)28(30)31/h5-10H,4H2,1-3H3,(H2,22,23,29,32). The molecule has 0 radical (unpaired) electrons. The van der Waals surface area contributed by atoms with Crippen LogP contribution in [0.4, 0.5) is 11.4 Å². The number of carbonyl (C=O) groups is 1. The lowest BCUT2D eigenvalue weighted by molar-refractivity contribution is -0.385. The van der Waals surface area contributed by atoms with Gasteiger partial charge in [-0.25, -0.2) is 0 Å². The number of nitrogens with one attached hydrogen (secondary N) is 2. The summed E-state index contributed by atoms with van der Waals surface area (Å²) < 4.78 is 1.75. The van der Waals surface area contributed by atoms with Crippen LogP contribution in [0.15, 0.2) is 36.4 Å². The van der Waals surface area contributed by atoms with Gasteiger partial charge in [-0.2, -0.15) is 9.61 Å². The molecule has 1 amide bonds. The highest BCUT2D eigenvalue weighted by atomic mass is 32.1. The van der Waals surface area contributed by atoms with E-state index in [4.69, 9.17) is 12.2 Å². The number of carbonyl (C=O) groups excluding carboxylic acids is 1. The molecule has 0 fully saturated rings. The molecule has 0 aliphatic rings. The Bertz CT molecular complexity index is 1410. The molecule has 0 spiro atoms. The van der Waals surface area contributed by atoms with E-state index in [9.17, 15) is 14.9 Å². The van der Waals surface area contributed by atoms with Crippen LogP contribution in [-0.2, 0) is 6.42 Å². The van der Waals surface area contributed by atoms with Gasteiger partial charge >= 0.3 is 0 Å². The molecule has 0 saturated carbocycles. The van der Waals surface area contributed by atoms with Crippen molar-refractivity contribution < 1.29 is 9.72 Å². The number of amides is 1. The first kappa shape index (κ1) is 22.4. The van der Waals surface area contributed by atoms with Crippen molar-refractivity contribution in [1.82, 2.24) is 25.1 Å². The monoisotopic (exact) mass is 481 g/mol. The number of nitro benzene ring substituents is 1. The molecule has 2 heterocycles. The summed E-state index contributed by atoms with van der Waals surface area (Å²) in [5, 5.41) is 30.4. The molecule has 0 aliphatic carbocycles. The van der Waals surface area contributed by atoms with E-state index < -0.39 is 10.8 Å². The van der Waals surface area contributed by atoms with Crippen LogP contribution in [0.3, 0.4) is 0 Å². The fraction of sp³-hybridized carbons (Fsp3) is 0.190. The maximum atomic E-state index is 12.5. The van der Waals surface area contributed by atoms with Gasteiger partial charge in [-0.1, -0.05) is 24.3 Å². The van der Waals surface area contributed by atoms with Crippen LogP contribution in [0.2, 0.25) is 0 Å². The third-order valence-electron chi connectivity index (χ3n) is 4.99. The van der Waals surface area contributed by atoms with Crippen molar-refractivity contribution in [3.05, 3.63) is 69.0 Å². The lowest BCUT2D eigenvalue weighted by Crippen LogP contribution is -2.34. The summed E-state index contributed by atoms with van der Waals surface area (Å²) in [5.41, 5.74) is 3.05. The second-order valence-corrected chi connectivity index (χ2v) is 8.63. The summed E-state index contributed by atoms with van der Waals surface area (Å²) >= 11 is 6.71. The van der Waals surface area contributed by atoms with Gasteiger partial charge in [-0.3, -0.25) is 20.2 Å². The van der Waals surface area contributed by atoms with Crippen LogP contribution in [-0.4, -0.2) is 35.8 Å². The van der Waals surface area contributed by atoms with Gasteiger partial charge in [0.05, 0.1) is 4.92 Å². The second kappa shape index (κ2) is 9.00. The Hall–Kier alpha value is -3.77. The molecule has 10 nitrogen and oxygen atoms in total. The normalized spacial score (nSPS) is 10.9. The lowest BCUT2D eigenvalue weighted by Gasteiger charge is -2.12. The molecule has 33 heavy (non-hydrogen) atoms. The number of benzene rings is 2. The van der Waals surface area contributed by atoms with E-state index in [1.165, 1.54) is 29.5 Å². The second-order valence-electron chi connectivity index (χ2n) is 7.27. The minimum Gasteiger partial charge on any atom is -0.332 e. The molecule has 2 N–H and O–H groups in total. The Balaban J connectivity index is 1.47. The zero-order valence-electron chi connectivity index (χ0n) is 17.9. The number of nitro groups is 1. The number of aryl methyl sites for hydroxylation is 3. The molecule has 2 aromatic heterocycles. The quantitative estimate of drug-likeness (QED) is 0.248. The lowest BCUT2D eigenvalue weighted by atomic mass is 10.1. The molecule has 0 atom stereocenters. The number of rotatable bonds is 5. The highest BCUT2D eigenvalue weighted by Gasteiger charge is 2.17. The highest BCUT2D eigenvalue weighted by Crippen LogP contribution is 2.29. The molecule has 4 rings (SSSR count). The number of thiocarbonyl (C=S) groups is 1. The number of hydrogen-bond donors (Lipinski definition) is 2. The fourth-order valence-corrected chi connectivity index (χ4v) is 4.26. The first-order chi connectivity index (χ1) is 15.8. The van der Waals surface area contributed by atoms with Crippen molar-refractivity contribution in [3.8, 4) is 10.6 Å². The highest BCUT2D eigenvalue weighted by molar-refractivity contribution is 7.80. The van der Waals surface area contributed by atoms with E-state index in [0.29, 0.717) is 5.56 Å². The van der Waals surface area contributed by atoms with E-state index in [1.54, 1.807) is 11.4 Å². The SMILES string of the molecule is CCc1nnc2sc(-c3ccc(NC(=S)NC(=O)c4ccc(C)c([N+](=O)[O-])c4)c(C)c3)nn12. The van der Waals surface area contributed by atoms with Gasteiger partial charge in [-0.15, -0.1) is 10.2 Å². The number of hydrogen-bond acceptors (Lipinski definition) is 8. The smallest absolute Gasteiger partial charge is 0.273 e. The maximum Gasteiger partial charge on any atom is 0.273 e. The molecule has 168 valence electrons. The van der Waals surface area contributed by atoms with Crippen molar-refractivity contribution in [2.24, 2.45) is 0 Å². The molecule has 12 heteroatoms. The van der Waals surface area contributed by atoms with E-state index >= 15 is 0 Å². The molecular formula is C21H19N7O3S2. The van der Waals surface area contributed by atoms with Gasteiger partial charge in [0.25, 0.3) is 11.6 Å². The zero-order chi connectivity index (χ0) is 23.7. The number of aromatic nitrogens is 4. The summed E-state index contributed by atoms with van der Waals surface area (Å²) in [4.78, 5) is 23.8. The van der Waals surface area contributed by atoms with Gasteiger partial charge in [0.1, 0.15) is 5.01 Å². The van der Waals surface area contributed by atoms with Crippen molar-refractivity contribution in [2.75, 3.05) is 5.32 Å². The molecule has 2 aromatic carbocycles. The first-order valence-electron chi connectivity index (χ1n) is 9.96. The zero-order valence-corrected chi connectivity index (χ0v) is 19.6. The van der Waals surface area contributed by atoms with Gasteiger partial charge in [-0.05, 0) is 55.9 Å². The Kier molecular flexibility index (Phi) is 6.11. The average Bonchev–Trinajstić information content (AvgIpc) is 3.36. The van der Waals surface area contributed by atoms with Crippen LogP contribution in [0.25, 0.3) is 15.5 Å². The molecule has 4 aromatic rings. The van der Waals surface area contributed by atoms with Gasteiger partial charge in [0.2, 0.25) is 4.96 Å². The minimum absolute atomic E-state index is 0.0884. The van der Waals surface area contributed by atoms with Crippen LogP contribution < -0.4 is 10.6 Å². The fourth-order valence-electron chi connectivity index (χ4n) is 3.21. The number of anilines is 1. The summed E-state index contributed by atoms with van der Waals surface area (Å²) in [7, 11) is 0. The van der Waals surface area contributed by atoms with Crippen molar-refractivity contribution in [2.45, 2.75) is 27.2 Å². The summed E-state index contributed by atoms with van der Waals surface area (Å²) in [6.45, 7) is 5.53. The van der Waals surface area contributed by atoms with Gasteiger partial charge in [0, 0.05) is 34.9 Å². The van der Waals surface area contributed by atoms with E-state index in [0.717, 1.165) is 39.0 Å². The predicted octanol–water partition coefficient (Wildman–Crippen LogP) is 4.07. The summed E-state index contributed by atoms with van der Waals surface area (Å²) in [6, 6.07) is 10.0. The molecule has 0 unspecified atom stereocenters. The molecule has 0 aliphatic heterocycles. The van der Waals surface area contributed by atoms with Crippen molar-refractivity contribution in [1.29, 1.82) is 0 Å².